The lowest BCUT2D eigenvalue weighted by atomic mass is 10.0. The van der Waals surface area contributed by atoms with Crippen LogP contribution in [-0.2, 0) is 6.54 Å². The van der Waals surface area contributed by atoms with E-state index in [0.717, 1.165) is 17.5 Å². The van der Waals surface area contributed by atoms with Crippen molar-refractivity contribution < 1.29 is 14.7 Å². The highest BCUT2D eigenvalue weighted by Crippen LogP contribution is 2.26. The quantitative estimate of drug-likeness (QED) is 0.324. The predicted octanol–water partition coefficient (Wildman–Crippen LogP) is 3.50. The Morgan fingerprint density at radius 3 is 2.41 bits per heavy atom. The zero-order valence-electron chi connectivity index (χ0n) is 19.4. The van der Waals surface area contributed by atoms with Gasteiger partial charge >= 0.3 is 5.97 Å². The lowest BCUT2D eigenvalue weighted by molar-refractivity contribution is 0.0696. The maximum absolute atomic E-state index is 13.2. The van der Waals surface area contributed by atoms with Gasteiger partial charge in [0.25, 0.3) is 11.5 Å². The van der Waals surface area contributed by atoms with Crippen molar-refractivity contribution in [2.75, 3.05) is 5.32 Å². The van der Waals surface area contributed by atoms with Crippen LogP contribution in [0.15, 0.2) is 41.2 Å². The van der Waals surface area contributed by atoms with E-state index in [1.54, 1.807) is 25.1 Å². The van der Waals surface area contributed by atoms with Crippen molar-refractivity contribution in [3.05, 3.63) is 80.3 Å². The van der Waals surface area contributed by atoms with Crippen molar-refractivity contribution in [2.24, 2.45) is 0 Å². The van der Waals surface area contributed by atoms with E-state index in [1.165, 1.54) is 12.1 Å². The molecule has 9 nitrogen and oxygen atoms in total. The van der Waals surface area contributed by atoms with Crippen molar-refractivity contribution in [1.29, 1.82) is 5.41 Å². The molecule has 2 aromatic heterocycles. The molecular weight excluding hydrogens is 434 g/mol. The molecule has 176 valence electrons. The number of benzene rings is 1. The maximum Gasteiger partial charge on any atom is 0.335 e. The third kappa shape index (κ3) is 5.37. The molecule has 34 heavy (non-hydrogen) atoms. The fourth-order valence-corrected chi connectivity index (χ4v) is 3.57. The Bertz CT molecular complexity index is 1310. The smallest absolute Gasteiger partial charge is 0.335 e. The Morgan fingerprint density at radius 2 is 1.85 bits per heavy atom. The van der Waals surface area contributed by atoms with Crippen molar-refractivity contribution in [3.8, 4) is 11.3 Å². The van der Waals surface area contributed by atoms with Crippen LogP contribution in [0.4, 0.5) is 5.82 Å². The molecule has 3 rings (SSSR count). The third-order valence-corrected chi connectivity index (χ3v) is 5.22. The highest BCUT2D eigenvalue weighted by atomic mass is 16.4. The van der Waals surface area contributed by atoms with Crippen LogP contribution in [-0.4, -0.2) is 39.2 Å². The number of aromatic carboxylic acids is 1. The van der Waals surface area contributed by atoms with Crippen molar-refractivity contribution in [3.63, 3.8) is 0 Å². The highest BCUT2D eigenvalue weighted by molar-refractivity contribution is 6.05. The Hall–Kier alpha value is -4.27. The zero-order chi connectivity index (χ0) is 25.0. The van der Waals surface area contributed by atoms with Gasteiger partial charge in [-0.2, -0.15) is 0 Å². The first-order chi connectivity index (χ1) is 16.1. The summed E-state index contributed by atoms with van der Waals surface area (Å²) in [4.78, 5) is 44.0. The van der Waals surface area contributed by atoms with Crippen molar-refractivity contribution >= 4 is 23.9 Å². The number of nitrogens with zero attached hydrogens (tertiary/aromatic N) is 1. The number of rotatable bonds is 8. The summed E-state index contributed by atoms with van der Waals surface area (Å²) in [6.07, 6.45) is 1.06. The monoisotopic (exact) mass is 461 g/mol. The molecule has 0 atom stereocenters. The summed E-state index contributed by atoms with van der Waals surface area (Å²) < 4.78 is 0. The van der Waals surface area contributed by atoms with Crippen LogP contribution >= 0.6 is 0 Å². The summed E-state index contributed by atoms with van der Waals surface area (Å²) in [7, 11) is 0. The SMILES string of the molecule is Cc1cc(C)c(CNC(=O)c2cc(-c3ccc(C(=O)O)cc3)nc(NC(C)C)c2C=N)c(=O)[nH]1. The average molecular weight is 462 g/mol. The number of aryl methyl sites for hydroxylation is 2. The summed E-state index contributed by atoms with van der Waals surface area (Å²) in [6.45, 7) is 7.45. The van der Waals surface area contributed by atoms with Gasteiger partial charge in [-0.25, -0.2) is 9.78 Å². The number of anilines is 1. The van der Waals surface area contributed by atoms with E-state index < -0.39 is 11.9 Å². The van der Waals surface area contributed by atoms with E-state index in [9.17, 15) is 14.4 Å². The molecule has 0 saturated heterocycles. The average Bonchev–Trinajstić information content (AvgIpc) is 2.77. The van der Waals surface area contributed by atoms with E-state index in [1.807, 2.05) is 26.8 Å². The molecule has 0 fully saturated rings. The normalized spacial score (nSPS) is 10.7. The van der Waals surface area contributed by atoms with Crippen LogP contribution in [0.2, 0.25) is 0 Å². The van der Waals surface area contributed by atoms with Crippen LogP contribution in [0.5, 0.6) is 0 Å². The first kappa shape index (κ1) is 24.4. The van der Waals surface area contributed by atoms with Crippen molar-refractivity contribution in [1.82, 2.24) is 15.3 Å². The Balaban J connectivity index is 2.03. The van der Waals surface area contributed by atoms with Gasteiger partial charge in [-0.05, 0) is 57.5 Å². The van der Waals surface area contributed by atoms with Gasteiger partial charge < -0.3 is 26.1 Å². The molecule has 0 aliphatic rings. The lowest BCUT2D eigenvalue weighted by Gasteiger charge is -2.17. The van der Waals surface area contributed by atoms with E-state index in [-0.39, 0.29) is 29.3 Å². The third-order valence-electron chi connectivity index (χ3n) is 5.22. The minimum absolute atomic E-state index is 0.0134. The number of carboxylic acids is 1. The summed E-state index contributed by atoms with van der Waals surface area (Å²) >= 11 is 0. The second-order valence-corrected chi connectivity index (χ2v) is 8.27. The Labute approximate surface area is 196 Å². The Kier molecular flexibility index (Phi) is 7.25. The van der Waals surface area contributed by atoms with Gasteiger partial charge in [-0.15, -0.1) is 0 Å². The number of aromatic amines is 1. The second kappa shape index (κ2) is 10.1. The van der Waals surface area contributed by atoms with E-state index in [4.69, 9.17) is 10.5 Å². The molecule has 2 heterocycles. The van der Waals surface area contributed by atoms with Crippen LogP contribution < -0.4 is 16.2 Å². The second-order valence-electron chi connectivity index (χ2n) is 8.27. The summed E-state index contributed by atoms with van der Waals surface area (Å²) in [5.74, 6) is -1.14. The van der Waals surface area contributed by atoms with Gasteiger partial charge in [0.05, 0.1) is 16.8 Å². The molecule has 0 bridgehead atoms. The fraction of sp³-hybridized carbons (Fsp3) is 0.240. The van der Waals surface area contributed by atoms with Crippen LogP contribution in [0.1, 0.15) is 56.9 Å². The summed E-state index contributed by atoms with van der Waals surface area (Å²) in [6, 6.07) is 9.54. The van der Waals surface area contributed by atoms with Crippen LogP contribution in [0, 0.1) is 19.3 Å². The molecule has 1 amide bonds. The molecule has 0 saturated carbocycles. The van der Waals surface area contributed by atoms with E-state index in [0.29, 0.717) is 28.2 Å². The molecule has 0 aliphatic heterocycles. The number of amides is 1. The van der Waals surface area contributed by atoms with Gasteiger partial charge in [-0.3, -0.25) is 9.59 Å². The molecule has 3 aromatic rings. The molecule has 1 aromatic carbocycles. The highest BCUT2D eigenvalue weighted by Gasteiger charge is 2.19. The molecular formula is C25H27N5O4. The number of carbonyl (C=O) groups excluding carboxylic acids is 1. The number of carbonyl (C=O) groups is 2. The number of hydrogen-bond donors (Lipinski definition) is 5. The molecule has 0 radical (unpaired) electrons. The molecule has 0 unspecified atom stereocenters. The van der Waals surface area contributed by atoms with Gasteiger partial charge in [-0.1, -0.05) is 12.1 Å². The maximum atomic E-state index is 13.2. The van der Waals surface area contributed by atoms with E-state index in [2.05, 4.69) is 20.6 Å². The first-order valence-electron chi connectivity index (χ1n) is 10.7. The lowest BCUT2D eigenvalue weighted by Crippen LogP contribution is -2.29. The summed E-state index contributed by atoms with van der Waals surface area (Å²) in [5.41, 5.74) is 3.42. The van der Waals surface area contributed by atoms with Gasteiger partial charge in [0.15, 0.2) is 0 Å². The first-order valence-corrected chi connectivity index (χ1v) is 10.7. The number of H-pyrrole nitrogens is 1. The number of nitrogens with one attached hydrogen (secondary N) is 4. The number of pyridine rings is 2. The van der Waals surface area contributed by atoms with E-state index >= 15 is 0 Å². The molecule has 9 heteroatoms. The predicted molar refractivity (Wildman–Crippen MR) is 131 cm³/mol. The Morgan fingerprint density at radius 1 is 1.18 bits per heavy atom. The fourth-order valence-electron chi connectivity index (χ4n) is 3.57. The van der Waals surface area contributed by atoms with Crippen LogP contribution in [0.3, 0.4) is 0 Å². The molecule has 5 N–H and O–H groups in total. The van der Waals surface area contributed by atoms with Gasteiger partial charge in [0.1, 0.15) is 5.82 Å². The summed E-state index contributed by atoms with van der Waals surface area (Å²) in [5, 5.41) is 23.0. The minimum atomic E-state index is -1.04. The topological polar surface area (TPSA) is 148 Å². The molecule has 0 aliphatic carbocycles. The van der Waals surface area contributed by atoms with Crippen LogP contribution in [0.25, 0.3) is 11.3 Å². The zero-order valence-corrected chi connectivity index (χ0v) is 19.4. The van der Waals surface area contributed by atoms with Gasteiger partial charge in [0.2, 0.25) is 0 Å². The number of carboxylic acid groups (broad SMARTS) is 1. The van der Waals surface area contributed by atoms with Gasteiger partial charge in [0, 0.05) is 41.2 Å². The standard InChI is InChI=1S/C25H27N5O4/c1-13(2)28-22-19(11-26)18(10-21(30-22)16-5-7-17(8-6-16)25(33)34)23(31)27-12-20-14(3)9-15(4)29-24(20)32/h5-11,13,26H,12H2,1-4H3,(H,27,31)(H,28,30)(H,29,32)(H,33,34). The molecule has 0 spiro atoms. The largest absolute Gasteiger partial charge is 0.478 e. The number of hydrogen-bond acceptors (Lipinski definition) is 6. The minimum Gasteiger partial charge on any atom is -0.478 e. The number of aromatic nitrogens is 2. The van der Waals surface area contributed by atoms with Crippen molar-refractivity contribution in [2.45, 2.75) is 40.3 Å².